The van der Waals surface area contributed by atoms with Crippen LogP contribution in [0, 0.1) is 13.8 Å². The zero-order chi connectivity index (χ0) is 23.0. The molecule has 0 saturated carbocycles. The summed E-state index contributed by atoms with van der Waals surface area (Å²) < 4.78 is 5.36. The lowest BCUT2D eigenvalue weighted by molar-refractivity contribution is -0.132. The number of carbonyl (C=O) groups excluding carboxylic acids is 2. The Morgan fingerprint density at radius 2 is 1.72 bits per heavy atom. The van der Waals surface area contributed by atoms with Gasteiger partial charge < -0.3 is 9.84 Å². The molecule has 1 fully saturated rings. The van der Waals surface area contributed by atoms with Gasteiger partial charge in [0.25, 0.3) is 11.7 Å². The SMILES string of the molecule is COc1cccc(C2/C(=C(\O)c3cccc(Cl)c3)C(=O)C(=O)N2c2cccc(C)c2C)c1. The van der Waals surface area contributed by atoms with Crippen LogP contribution in [0.15, 0.2) is 72.3 Å². The molecule has 0 aliphatic carbocycles. The number of halogens is 1. The summed E-state index contributed by atoms with van der Waals surface area (Å²) in [6.07, 6.45) is 0. The summed E-state index contributed by atoms with van der Waals surface area (Å²) >= 11 is 6.10. The number of hydrogen-bond acceptors (Lipinski definition) is 4. The highest BCUT2D eigenvalue weighted by atomic mass is 35.5. The lowest BCUT2D eigenvalue weighted by atomic mass is 9.94. The summed E-state index contributed by atoms with van der Waals surface area (Å²) in [5.74, 6) is -1.14. The van der Waals surface area contributed by atoms with E-state index in [2.05, 4.69) is 0 Å². The Morgan fingerprint density at radius 3 is 2.44 bits per heavy atom. The minimum absolute atomic E-state index is 0.00595. The van der Waals surface area contributed by atoms with Crippen LogP contribution in [-0.2, 0) is 9.59 Å². The van der Waals surface area contributed by atoms with E-state index >= 15 is 0 Å². The Kier molecular flexibility index (Phi) is 5.76. The minimum Gasteiger partial charge on any atom is -0.507 e. The van der Waals surface area contributed by atoms with Gasteiger partial charge in [0.05, 0.1) is 18.7 Å². The number of rotatable bonds is 4. The third kappa shape index (κ3) is 3.65. The van der Waals surface area contributed by atoms with E-state index in [4.69, 9.17) is 16.3 Å². The van der Waals surface area contributed by atoms with Crippen LogP contribution in [0.1, 0.15) is 28.3 Å². The van der Waals surface area contributed by atoms with Gasteiger partial charge in [-0.3, -0.25) is 14.5 Å². The number of aliphatic hydroxyl groups excluding tert-OH is 1. The molecule has 6 heteroatoms. The zero-order valence-electron chi connectivity index (χ0n) is 17.9. The van der Waals surface area contributed by atoms with Crippen molar-refractivity contribution in [2.75, 3.05) is 12.0 Å². The summed E-state index contributed by atoms with van der Waals surface area (Å²) in [7, 11) is 1.55. The largest absolute Gasteiger partial charge is 0.507 e. The molecule has 1 unspecified atom stereocenters. The molecule has 4 rings (SSSR count). The minimum atomic E-state index is -0.829. The molecular formula is C26H22ClNO4. The molecule has 0 bridgehead atoms. The fourth-order valence-electron chi connectivity index (χ4n) is 4.00. The standard InChI is InChI=1S/C26H22ClNO4/c1-15-7-4-12-21(16(15)2)28-23(17-8-6-11-20(14-17)32-3)22(25(30)26(28)31)24(29)18-9-5-10-19(27)13-18/h4-14,23,29H,1-3H3/b24-22+. The first kappa shape index (κ1) is 21.7. The molecule has 1 aliphatic heterocycles. The Morgan fingerprint density at radius 1 is 1.00 bits per heavy atom. The second-order valence-corrected chi connectivity index (χ2v) is 8.11. The fraction of sp³-hybridized carbons (Fsp3) is 0.154. The van der Waals surface area contributed by atoms with Crippen molar-refractivity contribution in [3.63, 3.8) is 0 Å². The molecule has 32 heavy (non-hydrogen) atoms. The van der Waals surface area contributed by atoms with Gasteiger partial charge in [0.2, 0.25) is 0 Å². The number of ether oxygens (including phenoxy) is 1. The van der Waals surface area contributed by atoms with Crippen LogP contribution >= 0.6 is 11.6 Å². The lowest BCUT2D eigenvalue weighted by Gasteiger charge is -2.27. The molecule has 1 saturated heterocycles. The van der Waals surface area contributed by atoms with Crippen molar-refractivity contribution < 1.29 is 19.4 Å². The first-order chi connectivity index (χ1) is 15.3. The third-order valence-electron chi connectivity index (χ3n) is 5.79. The summed E-state index contributed by atoms with van der Waals surface area (Å²) in [5.41, 5.74) is 3.50. The van der Waals surface area contributed by atoms with Crippen LogP contribution in [0.25, 0.3) is 5.76 Å². The Bertz CT molecular complexity index is 1260. The predicted molar refractivity (Wildman–Crippen MR) is 125 cm³/mol. The third-order valence-corrected chi connectivity index (χ3v) is 6.02. The monoisotopic (exact) mass is 447 g/mol. The van der Waals surface area contributed by atoms with Gasteiger partial charge in [0.1, 0.15) is 11.5 Å². The predicted octanol–water partition coefficient (Wildman–Crippen LogP) is 5.59. The molecule has 3 aromatic rings. The first-order valence-electron chi connectivity index (χ1n) is 10.1. The van der Waals surface area contributed by atoms with Gasteiger partial charge >= 0.3 is 0 Å². The Hall–Kier alpha value is -3.57. The molecule has 1 aliphatic rings. The van der Waals surface area contributed by atoms with Gasteiger partial charge in [-0.2, -0.15) is 0 Å². The van der Waals surface area contributed by atoms with Crippen LogP contribution < -0.4 is 9.64 Å². The number of carbonyl (C=O) groups is 2. The van der Waals surface area contributed by atoms with Crippen LogP contribution in [0.3, 0.4) is 0 Å². The smallest absolute Gasteiger partial charge is 0.300 e. The van der Waals surface area contributed by atoms with Gasteiger partial charge in [0, 0.05) is 16.3 Å². The first-order valence-corrected chi connectivity index (χ1v) is 10.5. The lowest BCUT2D eigenvalue weighted by Crippen LogP contribution is -2.30. The number of benzene rings is 3. The number of Topliss-reactive ketones (excluding diaryl/α,β-unsaturated/α-hetero) is 1. The van der Waals surface area contributed by atoms with Crippen LogP contribution in [0.2, 0.25) is 5.02 Å². The highest BCUT2D eigenvalue weighted by Gasteiger charge is 2.47. The molecule has 5 nitrogen and oxygen atoms in total. The molecule has 1 N–H and O–H groups in total. The van der Waals surface area contributed by atoms with Crippen molar-refractivity contribution in [3.05, 3.63) is 99.6 Å². The number of nitrogens with zero attached hydrogens (tertiary/aromatic N) is 1. The van der Waals surface area contributed by atoms with Gasteiger partial charge in [-0.05, 0) is 60.9 Å². The molecule has 1 amide bonds. The van der Waals surface area contributed by atoms with E-state index in [-0.39, 0.29) is 11.3 Å². The summed E-state index contributed by atoms with van der Waals surface area (Å²) in [6.45, 7) is 3.85. The Labute approximate surface area is 191 Å². The molecule has 3 aromatic carbocycles. The molecule has 162 valence electrons. The van der Waals surface area contributed by atoms with Crippen molar-refractivity contribution in [2.24, 2.45) is 0 Å². The molecular weight excluding hydrogens is 426 g/mol. The van der Waals surface area contributed by atoms with Gasteiger partial charge in [-0.15, -0.1) is 0 Å². The van der Waals surface area contributed by atoms with Crippen molar-refractivity contribution in [3.8, 4) is 5.75 Å². The maximum absolute atomic E-state index is 13.3. The van der Waals surface area contributed by atoms with E-state index in [0.29, 0.717) is 27.6 Å². The zero-order valence-corrected chi connectivity index (χ0v) is 18.7. The number of hydrogen-bond donors (Lipinski definition) is 1. The number of anilines is 1. The number of methoxy groups -OCH3 is 1. The molecule has 1 atom stereocenters. The average Bonchev–Trinajstić information content (AvgIpc) is 3.06. The van der Waals surface area contributed by atoms with Crippen LogP contribution in [0.5, 0.6) is 5.75 Å². The van der Waals surface area contributed by atoms with E-state index < -0.39 is 17.7 Å². The second kappa shape index (κ2) is 8.52. The average molecular weight is 448 g/mol. The number of amides is 1. The Balaban J connectivity index is 2.00. The molecule has 0 aromatic heterocycles. The highest BCUT2D eigenvalue weighted by Crippen LogP contribution is 2.44. The summed E-state index contributed by atoms with van der Waals surface area (Å²) in [5, 5.41) is 11.6. The maximum Gasteiger partial charge on any atom is 0.300 e. The number of ketones is 1. The van der Waals surface area contributed by atoms with Gasteiger partial charge in [-0.25, -0.2) is 0 Å². The summed E-state index contributed by atoms with van der Waals surface area (Å²) in [4.78, 5) is 28.0. The van der Waals surface area contributed by atoms with Crippen LogP contribution in [0.4, 0.5) is 5.69 Å². The van der Waals surface area contributed by atoms with E-state index in [1.165, 1.54) is 4.90 Å². The van der Waals surface area contributed by atoms with Crippen molar-refractivity contribution in [1.29, 1.82) is 0 Å². The van der Waals surface area contributed by atoms with Gasteiger partial charge in [-0.1, -0.05) is 48.0 Å². The van der Waals surface area contributed by atoms with E-state index in [9.17, 15) is 14.7 Å². The van der Waals surface area contributed by atoms with Crippen molar-refractivity contribution in [1.82, 2.24) is 0 Å². The molecule has 1 heterocycles. The molecule has 0 radical (unpaired) electrons. The van der Waals surface area contributed by atoms with E-state index in [1.54, 1.807) is 55.6 Å². The van der Waals surface area contributed by atoms with Crippen molar-refractivity contribution >= 4 is 34.7 Å². The number of aliphatic hydroxyl groups is 1. The van der Waals surface area contributed by atoms with Crippen LogP contribution in [-0.4, -0.2) is 23.9 Å². The van der Waals surface area contributed by atoms with Crippen molar-refractivity contribution in [2.45, 2.75) is 19.9 Å². The van der Waals surface area contributed by atoms with Gasteiger partial charge in [0.15, 0.2) is 0 Å². The molecule has 0 spiro atoms. The van der Waals surface area contributed by atoms with E-state index in [0.717, 1.165) is 11.1 Å². The highest BCUT2D eigenvalue weighted by molar-refractivity contribution is 6.51. The van der Waals surface area contributed by atoms with E-state index in [1.807, 2.05) is 32.0 Å². The quantitative estimate of drug-likeness (QED) is 0.321. The fourth-order valence-corrected chi connectivity index (χ4v) is 4.19. The normalized spacial score (nSPS) is 17.6. The topological polar surface area (TPSA) is 66.8 Å². The maximum atomic E-state index is 13.3. The second-order valence-electron chi connectivity index (χ2n) is 7.68. The summed E-state index contributed by atoms with van der Waals surface area (Å²) in [6, 6.07) is 18.5. The number of aryl methyl sites for hydroxylation is 1.